The molecule has 0 aliphatic heterocycles. The summed E-state index contributed by atoms with van der Waals surface area (Å²) in [4.78, 5) is 4.74. The summed E-state index contributed by atoms with van der Waals surface area (Å²) in [7, 11) is 0. The van der Waals surface area contributed by atoms with E-state index in [4.69, 9.17) is 0 Å². The third-order valence-corrected chi connectivity index (χ3v) is 13.1. The maximum Gasteiger partial charge on any atom is 0.0488 e. The van der Waals surface area contributed by atoms with Gasteiger partial charge in [-0.15, -0.1) is 0 Å². The van der Waals surface area contributed by atoms with Gasteiger partial charge in [0.1, 0.15) is 0 Å². The first kappa shape index (κ1) is 35.3. The summed E-state index contributed by atoms with van der Waals surface area (Å²) in [6, 6.07) is 49.1. The zero-order valence-corrected chi connectivity index (χ0v) is 34.0. The molecule has 0 atom stereocenters. The fourth-order valence-electron chi connectivity index (χ4n) is 7.72. The van der Waals surface area contributed by atoms with Crippen LogP contribution in [-0.2, 0) is 10.8 Å². The van der Waals surface area contributed by atoms with Crippen molar-refractivity contribution in [1.29, 1.82) is 0 Å². The molecule has 4 heteroatoms. The van der Waals surface area contributed by atoms with Crippen molar-refractivity contribution in [2.24, 2.45) is 5.41 Å². The van der Waals surface area contributed by atoms with E-state index >= 15 is 0 Å². The molecule has 2 nitrogen and oxygen atoms in total. The molecule has 0 aromatic heterocycles. The molecule has 51 heavy (non-hydrogen) atoms. The van der Waals surface area contributed by atoms with Crippen LogP contribution in [0.5, 0.6) is 0 Å². The Morgan fingerprint density at radius 2 is 0.745 bits per heavy atom. The largest absolute Gasteiger partial charge is 0.310 e. The molecular weight excluding hydrogens is 752 g/mol. The van der Waals surface area contributed by atoms with E-state index in [9.17, 15) is 0 Å². The van der Waals surface area contributed by atoms with Crippen molar-refractivity contribution in [3.05, 3.63) is 165 Å². The van der Waals surface area contributed by atoms with Crippen LogP contribution in [0.1, 0.15) is 63.8 Å². The SMILES string of the molecule is Cc1ccc(N(c2ccc(C)cc2)c2cc(-c3ccc4c(c3)C(C)(C)C(C)(C)C4(C)C)cc(N(c3ccc(Br)cc3)c3ccc(Br)cc3)c2)cc1. The van der Waals surface area contributed by atoms with Crippen molar-refractivity contribution in [2.75, 3.05) is 9.80 Å². The molecule has 0 bridgehead atoms. The molecule has 0 N–H and O–H groups in total. The van der Waals surface area contributed by atoms with Gasteiger partial charge in [-0.3, -0.25) is 0 Å². The van der Waals surface area contributed by atoms with E-state index in [1.165, 1.54) is 33.4 Å². The average molecular weight is 799 g/mol. The molecule has 7 rings (SSSR count). The number of benzene rings is 6. The maximum atomic E-state index is 3.67. The lowest BCUT2D eigenvalue weighted by atomic mass is 9.59. The summed E-state index contributed by atoms with van der Waals surface area (Å²) in [5, 5.41) is 0. The molecule has 0 amide bonds. The third-order valence-electron chi connectivity index (χ3n) is 12.0. The van der Waals surface area contributed by atoms with E-state index in [0.29, 0.717) is 0 Å². The second-order valence-corrected chi connectivity index (χ2v) is 17.5. The first-order valence-corrected chi connectivity index (χ1v) is 19.3. The van der Waals surface area contributed by atoms with Crippen LogP contribution in [0.2, 0.25) is 0 Å². The van der Waals surface area contributed by atoms with Gasteiger partial charge in [-0.1, -0.05) is 127 Å². The van der Waals surface area contributed by atoms with E-state index in [2.05, 4.69) is 231 Å². The van der Waals surface area contributed by atoms with Crippen LogP contribution in [0.25, 0.3) is 11.1 Å². The van der Waals surface area contributed by atoms with Crippen LogP contribution in [-0.4, -0.2) is 0 Å². The molecule has 0 heterocycles. The standard InChI is InChI=1S/C47H46Br2N2/c1-31-9-18-37(19-10-31)50(38-20-11-32(2)12-21-38)41-27-34(33-13-26-43-44(29-33)46(5,6)47(7,8)45(43,3)4)28-42(30-41)51(39-22-14-35(48)15-23-39)40-24-16-36(49)17-25-40/h9-30H,1-8H3. The van der Waals surface area contributed by atoms with Gasteiger partial charge in [-0.25, -0.2) is 0 Å². The van der Waals surface area contributed by atoms with Crippen molar-refractivity contribution in [2.45, 2.75) is 66.2 Å². The molecule has 1 aliphatic rings. The number of hydrogen-bond donors (Lipinski definition) is 0. The van der Waals surface area contributed by atoms with Gasteiger partial charge in [-0.2, -0.15) is 0 Å². The van der Waals surface area contributed by atoms with Crippen LogP contribution in [0, 0.1) is 19.3 Å². The Bertz CT molecular complexity index is 1990. The molecule has 6 aromatic carbocycles. The van der Waals surface area contributed by atoms with E-state index in [-0.39, 0.29) is 16.2 Å². The number of rotatable bonds is 7. The number of nitrogens with zero attached hydrogens (tertiary/aromatic N) is 2. The van der Waals surface area contributed by atoms with Gasteiger partial charge in [-0.05, 0) is 143 Å². The second-order valence-electron chi connectivity index (χ2n) is 15.7. The summed E-state index contributed by atoms with van der Waals surface area (Å²) < 4.78 is 2.10. The van der Waals surface area contributed by atoms with Crippen molar-refractivity contribution < 1.29 is 0 Å². The Morgan fingerprint density at radius 1 is 0.373 bits per heavy atom. The monoisotopic (exact) mass is 796 g/mol. The molecule has 0 saturated carbocycles. The lowest BCUT2D eigenvalue weighted by Gasteiger charge is -2.44. The summed E-state index contributed by atoms with van der Waals surface area (Å²) in [5.74, 6) is 0. The molecule has 1 aliphatic carbocycles. The van der Waals surface area contributed by atoms with Crippen LogP contribution in [0.15, 0.2) is 142 Å². The molecule has 0 fully saturated rings. The Morgan fingerprint density at radius 3 is 1.16 bits per heavy atom. The summed E-state index contributed by atoms with van der Waals surface area (Å²) in [6.45, 7) is 18.8. The molecule has 0 spiro atoms. The molecular formula is C47H46Br2N2. The summed E-state index contributed by atoms with van der Waals surface area (Å²) in [6.07, 6.45) is 0. The average Bonchev–Trinajstić information content (AvgIpc) is 3.21. The van der Waals surface area contributed by atoms with Gasteiger partial charge in [0.25, 0.3) is 0 Å². The number of fused-ring (bicyclic) bond motifs is 1. The number of halogens is 2. The minimum Gasteiger partial charge on any atom is -0.310 e. The fourth-order valence-corrected chi connectivity index (χ4v) is 8.25. The van der Waals surface area contributed by atoms with E-state index in [1.807, 2.05) is 0 Å². The topological polar surface area (TPSA) is 6.48 Å². The first-order chi connectivity index (χ1) is 24.2. The first-order valence-electron chi connectivity index (χ1n) is 17.7. The zero-order valence-electron chi connectivity index (χ0n) is 30.9. The number of hydrogen-bond acceptors (Lipinski definition) is 2. The highest BCUT2D eigenvalue weighted by atomic mass is 79.9. The van der Waals surface area contributed by atoms with Gasteiger partial charge in [0.05, 0.1) is 0 Å². The van der Waals surface area contributed by atoms with Crippen molar-refractivity contribution in [3.63, 3.8) is 0 Å². The molecule has 258 valence electrons. The van der Waals surface area contributed by atoms with Crippen molar-refractivity contribution in [3.8, 4) is 11.1 Å². The van der Waals surface area contributed by atoms with Gasteiger partial charge < -0.3 is 9.80 Å². The predicted octanol–water partition coefficient (Wildman–Crippen LogP) is 15.0. The zero-order chi connectivity index (χ0) is 36.3. The number of aryl methyl sites for hydroxylation is 2. The van der Waals surface area contributed by atoms with Crippen molar-refractivity contribution >= 4 is 66.0 Å². The van der Waals surface area contributed by atoms with E-state index in [0.717, 1.165) is 43.1 Å². The Balaban J connectivity index is 1.51. The summed E-state index contributed by atoms with van der Waals surface area (Å²) in [5.41, 5.74) is 14.5. The molecule has 0 unspecified atom stereocenters. The lowest BCUT2D eigenvalue weighted by molar-refractivity contribution is 0.125. The van der Waals surface area contributed by atoms with E-state index < -0.39 is 0 Å². The Labute approximate surface area is 321 Å². The van der Waals surface area contributed by atoms with Gasteiger partial charge in [0.2, 0.25) is 0 Å². The van der Waals surface area contributed by atoms with Crippen LogP contribution >= 0.6 is 31.9 Å². The minimum absolute atomic E-state index is 0.000990. The fraction of sp³-hybridized carbons (Fsp3) is 0.234. The maximum absolute atomic E-state index is 3.67. The van der Waals surface area contributed by atoms with Gasteiger partial charge in [0, 0.05) is 43.1 Å². The third kappa shape index (κ3) is 6.25. The predicted molar refractivity (Wildman–Crippen MR) is 226 cm³/mol. The second kappa shape index (κ2) is 13.1. The van der Waals surface area contributed by atoms with E-state index in [1.54, 1.807) is 0 Å². The van der Waals surface area contributed by atoms with Gasteiger partial charge in [0.15, 0.2) is 0 Å². The summed E-state index contributed by atoms with van der Waals surface area (Å²) >= 11 is 7.34. The highest BCUT2D eigenvalue weighted by molar-refractivity contribution is 9.10. The quantitative estimate of drug-likeness (QED) is 0.159. The normalized spacial score (nSPS) is 15.3. The highest BCUT2D eigenvalue weighted by Crippen LogP contribution is 2.62. The van der Waals surface area contributed by atoms with Crippen LogP contribution < -0.4 is 9.80 Å². The number of anilines is 6. The van der Waals surface area contributed by atoms with Gasteiger partial charge >= 0.3 is 0 Å². The molecule has 0 saturated heterocycles. The van der Waals surface area contributed by atoms with Crippen molar-refractivity contribution in [1.82, 2.24) is 0 Å². The molecule has 0 radical (unpaired) electrons. The molecule has 6 aromatic rings. The Kier molecular flexibility index (Phi) is 9.09. The minimum atomic E-state index is -0.000990. The Hall–Kier alpha value is -4.12. The smallest absolute Gasteiger partial charge is 0.0488 e. The van der Waals surface area contributed by atoms with Crippen LogP contribution in [0.3, 0.4) is 0 Å². The lowest BCUT2D eigenvalue weighted by Crippen LogP contribution is -2.42. The van der Waals surface area contributed by atoms with Crippen LogP contribution in [0.4, 0.5) is 34.1 Å². The highest BCUT2D eigenvalue weighted by Gasteiger charge is 2.56.